The molecule has 0 spiro atoms. The molecule has 0 aliphatic rings. The third-order valence-corrected chi connectivity index (χ3v) is 1.37. The van der Waals surface area contributed by atoms with Crippen LogP contribution in [0.5, 0.6) is 5.75 Å². The Morgan fingerprint density at radius 3 is 2.82 bits per heavy atom. The predicted molar refractivity (Wildman–Crippen MR) is 31.9 cm³/mol. The molecule has 1 aromatic rings. The van der Waals surface area contributed by atoms with Gasteiger partial charge in [-0.1, -0.05) is 0 Å². The van der Waals surface area contributed by atoms with E-state index in [1.54, 1.807) is 16.8 Å². The molecular weight excluding hydrogens is 176 g/mol. The van der Waals surface area contributed by atoms with E-state index >= 15 is 0 Å². The molecule has 1 rings (SSSR count). The summed E-state index contributed by atoms with van der Waals surface area (Å²) in [7, 11) is 0. The fourth-order valence-corrected chi connectivity index (χ4v) is 0.920. The second-order valence-electron chi connectivity index (χ2n) is 1.32. The lowest BCUT2D eigenvalue weighted by Crippen LogP contribution is -1.99. The molecule has 0 fully saturated rings. The van der Waals surface area contributed by atoms with E-state index in [1.807, 2.05) is 0 Å². The second-order valence-corrected chi connectivity index (χ2v) is 2.10. The van der Waals surface area contributed by atoms with E-state index < -0.39 is 0 Å². The SMILES string of the molecule is OOOOOOc1ccsc1. The third-order valence-electron chi connectivity index (χ3n) is 0.711. The summed E-state index contributed by atoms with van der Waals surface area (Å²) in [4.78, 5) is 4.42. The Labute approximate surface area is 65.1 Å². The van der Waals surface area contributed by atoms with Crippen molar-refractivity contribution in [3.05, 3.63) is 16.8 Å². The Hall–Kier alpha value is -0.700. The lowest BCUT2D eigenvalue weighted by atomic mass is 10.6. The van der Waals surface area contributed by atoms with E-state index in [-0.39, 0.29) is 0 Å². The molecule has 1 N–H and O–H groups in total. The van der Waals surface area contributed by atoms with Gasteiger partial charge in [-0.05, 0) is 21.5 Å². The Balaban J connectivity index is 2.04. The van der Waals surface area contributed by atoms with Gasteiger partial charge in [0.15, 0.2) is 5.75 Å². The molecule has 0 atom stereocenters. The van der Waals surface area contributed by atoms with Crippen LogP contribution in [0.4, 0.5) is 0 Å². The fraction of sp³-hybridized carbons (Fsp3) is 0. The Bertz CT molecular complexity index is 175. The van der Waals surface area contributed by atoms with Crippen LogP contribution in [-0.4, -0.2) is 5.26 Å². The first kappa shape index (κ1) is 8.40. The quantitative estimate of drug-likeness (QED) is 0.419. The van der Waals surface area contributed by atoms with E-state index in [1.165, 1.54) is 11.3 Å². The monoisotopic (exact) mass is 180 g/mol. The van der Waals surface area contributed by atoms with Crippen molar-refractivity contribution in [1.82, 2.24) is 0 Å². The van der Waals surface area contributed by atoms with Gasteiger partial charge in [0.2, 0.25) is 0 Å². The average Bonchev–Trinajstić information content (AvgIpc) is 2.50. The van der Waals surface area contributed by atoms with Crippen LogP contribution in [-0.2, 0) is 20.2 Å². The Morgan fingerprint density at radius 2 is 2.18 bits per heavy atom. The van der Waals surface area contributed by atoms with E-state index in [0.717, 1.165) is 0 Å². The molecule has 6 nitrogen and oxygen atoms in total. The molecule has 0 unspecified atom stereocenters. The number of thiophene rings is 1. The summed E-state index contributed by atoms with van der Waals surface area (Å²) in [6, 6.07) is 1.65. The number of hydrogen-bond donors (Lipinski definition) is 1. The molecule has 0 amide bonds. The van der Waals surface area contributed by atoms with Gasteiger partial charge in [-0.2, -0.15) is 0 Å². The molecule has 0 radical (unpaired) electrons. The maximum Gasteiger partial charge on any atom is 0.179 e. The van der Waals surface area contributed by atoms with Gasteiger partial charge in [0.05, 0.1) is 0 Å². The van der Waals surface area contributed by atoms with E-state index in [9.17, 15) is 0 Å². The van der Waals surface area contributed by atoms with Crippen molar-refractivity contribution in [2.24, 2.45) is 0 Å². The van der Waals surface area contributed by atoms with E-state index in [0.29, 0.717) is 5.75 Å². The first-order valence-electron chi connectivity index (χ1n) is 2.44. The zero-order chi connectivity index (χ0) is 7.94. The van der Waals surface area contributed by atoms with Gasteiger partial charge in [-0.3, -0.25) is 0 Å². The van der Waals surface area contributed by atoms with Crippen molar-refractivity contribution in [1.29, 1.82) is 0 Å². The highest BCUT2D eigenvalue weighted by molar-refractivity contribution is 7.08. The summed E-state index contributed by atoms with van der Waals surface area (Å²) in [5.74, 6) is 0.455. The highest BCUT2D eigenvalue weighted by Crippen LogP contribution is 2.14. The van der Waals surface area contributed by atoms with Gasteiger partial charge in [-0.15, -0.1) is 11.3 Å². The molecule has 1 aromatic heterocycles. The highest BCUT2D eigenvalue weighted by atomic mass is 32.1. The van der Waals surface area contributed by atoms with Gasteiger partial charge in [0, 0.05) is 15.5 Å². The summed E-state index contributed by atoms with van der Waals surface area (Å²) >= 11 is 1.42. The Kier molecular flexibility index (Phi) is 3.83. The topological polar surface area (TPSA) is 66.4 Å². The molecule has 7 heteroatoms. The molecule has 11 heavy (non-hydrogen) atoms. The molecule has 0 aromatic carbocycles. The number of hydrogen-bond acceptors (Lipinski definition) is 7. The average molecular weight is 180 g/mol. The predicted octanol–water partition coefficient (Wildman–Crippen LogP) is 1.33. The van der Waals surface area contributed by atoms with Crippen LogP contribution in [0.2, 0.25) is 0 Å². The second kappa shape index (κ2) is 5.02. The summed E-state index contributed by atoms with van der Waals surface area (Å²) in [5.41, 5.74) is 0. The van der Waals surface area contributed by atoms with Crippen LogP contribution in [0.1, 0.15) is 0 Å². The zero-order valence-corrected chi connectivity index (χ0v) is 5.95. The molecule has 0 aliphatic carbocycles. The Morgan fingerprint density at radius 1 is 1.27 bits per heavy atom. The molecule has 0 saturated carbocycles. The molecule has 0 bridgehead atoms. The third kappa shape index (κ3) is 3.28. The van der Waals surface area contributed by atoms with Crippen molar-refractivity contribution >= 4 is 11.3 Å². The van der Waals surface area contributed by atoms with Gasteiger partial charge >= 0.3 is 0 Å². The lowest BCUT2D eigenvalue weighted by molar-refractivity contribution is -0.741. The summed E-state index contributed by atoms with van der Waals surface area (Å²) in [5, 5.41) is 25.1. The van der Waals surface area contributed by atoms with Crippen LogP contribution in [0.15, 0.2) is 16.8 Å². The molecule has 0 aliphatic heterocycles. The fourth-order valence-electron chi connectivity index (χ4n) is 0.376. The summed E-state index contributed by atoms with van der Waals surface area (Å²) in [6.45, 7) is 0. The maximum absolute atomic E-state index is 7.54. The normalized spacial score (nSPS) is 9.91. The van der Waals surface area contributed by atoms with Crippen LogP contribution in [0.3, 0.4) is 0 Å². The van der Waals surface area contributed by atoms with Crippen LogP contribution < -0.4 is 4.89 Å². The van der Waals surface area contributed by atoms with Gasteiger partial charge in [0.25, 0.3) is 0 Å². The summed E-state index contributed by atoms with van der Waals surface area (Å²) in [6.07, 6.45) is 0. The van der Waals surface area contributed by atoms with Gasteiger partial charge in [0.1, 0.15) is 0 Å². The van der Waals surface area contributed by atoms with Crippen molar-refractivity contribution in [3.63, 3.8) is 0 Å². The van der Waals surface area contributed by atoms with Crippen molar-refractivity contribution < 1.29 is 30.3 Å². The van der Waals surface area contributed by atoms with Gasteiger partial charge < -0.3 is 4.89 Å². The molecule has 0 saturated heterocycles. The van der Waals surface area contributed by atoms with Crippen LogP contribution in [0, 0.1) is 0 Å². The smallest absolute Gasteiger partial charge is 0.179 e. The molecule has 62 valence electrons. The first-order chi connectivity index (χ1) is 5.43. The van der Waals surface area contributed by atoms with Crippen molar-refractivity contribution in [2.75, 3.05) is 0 Å². The highest BCUT2D eigenvalue weighted by Gasteiger charge is 1.94. The minimum Gasteiger partial charge on any atom is -0.305 e. The standard InChI is InChI=1S/C4H4O6S/c5-7-9-10-8-6-4-1-2-11-3-4/h1-3,5H. The zero-order valence-electron chi connectivity index (χ0n) is 5.13. The lowest BCUT2D eigenvalue weighted by Gasteiger charge is -1.95. The van der Waals surface area contributed by atoms with Crippen molar-refractivity contribution in [3.8, 4) is 5.75 Å². The first-order valence-corrected chi connectivity index (χ1v) is 3.38. The molecular formula is C4H4O6S. The van der Waals surface area contributed by atoms with E-state index in [4.69, 9.17) is 5.26 Å². The maximum atomic E-state index is 7.54. The minimum atomic E-state index is 0.455. The van der Waals surface area contributed by atoms with Crippen LogP contribution in [0.25, 0.3) is 0 Å². The number of rotatable bonds is 5. The molecule has 1 heterocycles. The van der Waals surface area contributed by atoms with E-state index in [2.05, 4.69) is 25.0 Å². The minimum absolute atomic E-state index is 0.455. The van der Waals surface area contributed by atoms with Gasteiger partial charge in [-0.25, -0.2) is 5.26 Å². The largest absolute Gasteiger partial charge is 0.305 e. The summed E-state index contributed by atoms with van der Waals surface area (Å²) < 4.78 is 0. The van der Waals surface area contributed by atoms with Crippen LogP contribution >= 0.6 is 11.3 Å². The van der Waals surface area contributed by atoms with Crippen molar-refractivity contribution in [2.45, 2.75) is 0 Å².